The second-order valence-electron chi connectivity index (χ2n) is 4.79. The summed E-state index contributed by atoms with van der Waals surface area (Å²) in [5, 5.41) is 14.2. The zero-order chi connectivity index (χ0) is 17.0. The van der Waals surface area contributed by atoms with Gasteiger partial charge >= 0.3 is 5.82 Å². The van der Waals surface area contributed by atoms with Crippen molar-refractivity contribution < 1.29 is 14.5 Å². The van der Waals surface area contributed by atoms with Gasteiger partial charge in [0, 0.05) is 17.6 Å². The molecule has 7 nitrogen and oxygen atoms in total. The number of anilines is 1. The Morgan fingerprint density at radius 3 is 2.57 bits per heavy atom. The Morgan fingerprint density at radius 2 is 1.96 bits per heavy atom. The fraction of sp³-hybridized carbons (Fsp3) is 0.200. The lowest BCUT2D eigenvalue weighted by Crippen LogP contribution is -2.30. The molecular formula is C15H14ClN3O4. The second-order valence-corrected chi connectivity index (χ2v) is 5.22. The number of hydrogen-bond donors (Lipinski definition) is 1. The highest BCUT2D eigenvalue weighted by Gasteiger charge is 2.22. The lowest BCUT2D eigenvalue weighted by Gasteiger charge is -2.14. The van der Waals surface area contributed by atoms with Gasteiger partial charge in [-0.05, 0) is 53.2 Å². The van der Waals surface area contributed by atoms with Gasteiger partial charge in [0.25, 0.3) is 5.91 Å². The van der Waals surface area contributed by atoms with Crippen molar-refractivity contribution in [3.05, 3.63) is 57.2 Å². The maximum atomic E-state index is 12.1. The normalized spacial score (nSPS) is 11.6. The number of amides is 1. The largest absolute Gasteiger partial charge is 0.473 e. The minimum atomic E-state index is -0.936. The molecule has 0 saturated heterocycles. The summed E-state index contributed by atoms with van der Waals surface area (Å²) < 4.78 is 5.38. The molecule has 23 heavy (non-hydrogen) atoms. The monoisotopic (exact) mass is 335 g/mol. The zero-order valence-corrected chi connectivity index (χ0v) is 13.2. The van der Waals surface area contributed by atoms with Crippen molar-refractivity contribution in [2.24, 2.45) is 0 Å². The molecule has 0 spiro atoms. The van der Waals surface area contributed by atoms with Gasteiger partial charge in [-0.2, -0.15) is 0 Å². The number of nitrogens with one attached hydrogen (secondary N) is 1. The number of hydrogen-bond acceptors (Lipinski definition) is 5. The van der Waals surface area contributed by atoms with Gasteiger partial charge < -0.3 is 20.2 Å². The summed E-state index contributed by atoms with van der Waals surface area (Å²) in [5.74, 6) is -0.919. The smallest absolute Gasteiger partial charge is 0.406 e. The van der Waals surface area contributed by atoms with Crippen LogP contribution in [0.25, 0.3) is 0 Å². The third-order valence-corrected chi connectivity index (χ3v) is 3.19. The van der Waals surface area contributed by atoms with Crippen molar-refractivity contribution in [3.63, 3.8) is 0 Å². The molecule has 120 valence electrons. The molecule has 0 aliphatic rings. The standard InChI is InChI=1S/C15H14ClN3O4/c1-9-3-8-13(14(17-9)19(21)22)23-10(2)15(20)18-12-6-4-11(16)5-7-12/h3-8,10H,1-2H3,(H,18,20). The average Bonchev–Trinajstić information content (AvgIpc) is 2.51. The molecule has 8 heteroatoms. The fourth-order valence-electron chi connectivity index (χ4n) is 1.77. The lowest BCUT2D eigenvalue weighted by molar-refractivity contribution is -0.390. The third-order valence-electron chi connectivity index (χ3n) is 2.94. The maximum Gasteiger partial charge on any atom is 0.406 e. The average molecular weight is 336 g/mol. The van der Waals surface area contributed by atoms with Crippen LogP contribution in [0.15, 0.2) is 36.4 Å². The van der Waals surface area contributed by atoms with Gasteiger partial charge in [-0.25, -0.2) is 0 Å². The van der Waals surface area contributed by atoms with E-state index in [9.17, 15) is 14.9 Å². The third kappa shape index (κ3) is 4.40. The number of ether oxygens (including phenoxy) is 1. The maximum absolute atomic E-state index is 12.1. The van der Waals surface area contributed by atoms with E-state index in [-0.39, 0.29) is 5.75 Å². The Kier molecular flexibility index (Phi) is 5.13. The van der Waals surface area contributed by atoms with E-state index >= 15 is 0 Å². The Labute approximate surface area is 137 Å². The van der Waals surface area contributed by atoms with Crippen molar-refractivity contribution in [2.75, 3.05) is 5.32 Å². The van der Waals surface area contributed by atoms with Gasteiger partial charge in [0.05, 0.1) is 0 Å². The fourth-order valence-corrected chi connectivity index (χ4v) is 1.90. The highest BCUT2D eigenvalue weighted by Crippen LogP contribution is 2.25. The highest BCUT2D eigenvalue weighted by atomic mass is 35.5. The number of aryl methyl sites for hydroxylation is 1. The van der Waals surface area contributed by atoms with Crippen LogP contribution in [0.2, 0.25) is 5.02 Å². The number of aromatic nitrogens is 1. The molecule has 2 aromatic rings. The summed E-state index contributed by atoms with van der Waals surface area (Å²) >= 11 is 5.77. The molecular weight excluding hydrogens is 322 g/mol. The molecule has 1 unspecified atom stereocenters. The number of halogens is 1. The van der Waals surface area contributed by atoms with E-state index in [1.807, 2.05) is 0 Å². The number of carbonyl (C=O) groups excluding carboxylic acids is 1. The van der Waals surface area contributed by atoms with Crippen molar-refractivity contribution in [1.82, 2.24) is 4.98 Å². The van der Waals surface area contributed by atoms with Crippen LogP contribution in [0.1, 0.15) is 12.6 Å². The summed E-state index contributed by atoms with van der Waals surface area (Å²) in [6.45, 7) is 3.13. The Hall–Kier alpha value is -2.67. The first-order valence-corrected chi connectivity index (χ1v) is 7.09. The van der Waals surface area contributed by atoms with Crippen LogP contribution in [-0.2, 0) is 4.79 Å². The van der Waals surface area contributed by atoms with E-state index in [4.69, 9.17) is 16.3 Å². The first-order valence-electron chi connectivity index (χ1n) is 6.72. The Bertz CT molecular complexity index is 734. The van der Waals surface area contributed by atoms with Crippen molar-refractivity contribution >= 4 is 29.0 Å². The Balaban J connectivity index is 2.09. The van der Waals surface area contributed by atoms with E-state index in [0.717, 1.165) is 0 Å². The quantitative estimate of drug-likeness (QED) is 0.667. The molecule has 1 atom stereocenters. The molecule has 0 radical (unpaired) electrons. The molecule has 1 amide bonds. The molecule has 1 aromatic carbocycles. The van der Waals surface area contributed by atoms with Crippen LogP contribution >= 0.6 is 11.6 Å². The molecule has 1 N–H and O–H groups in total. The number of nitrogens with zero attached hydrogens (tertiary/aromatic N) is 2. The Morgan fingerprint density at radius 1 is 1.30 bits per heavy atom. The first kappa shape index (κ1) is 16.7. The van der Waals surface area contributed by atoms with E-state index in [1.165, 1.54) is 13.0 Å². The van der Waals surface area contributed by atoms with Crippen LogP contribution in [-0.4, -0.2) is 21.9 Å². The molecule has 0 aliphatic heterocycles. The molecule has 1 heterocycles. The van der Waals surface area contributed by atoms with Gasteiger partial charge in [0.15, 0.2) is 6.10 Å². The highest BCUT2D eigenvalue weighted by molar-refractivity contribution is 6.30. The second kappa shape index (κ2) is 7.06. The minimum absolute atomic E-state index is 0.0562. The summed E-state index contributed by atoms with van der Waals surface area (Å²) in [5.41, 5.74) is 1.04. The van der Waals surface area contributed by atoms with Gasteiger partial charge in [-0.1, -0.05) is 11.6 Å². The van der Waals surface area contributed by atoms with E-state index < -0.39 is 22.8 Å². The summed E-state index contributed by atoms with van der Waals surface area (Å²) in [6, 6.07) is 9.55. The van der Waals surface area contributed by atoms with Crippen LogP contribution < -0.4 is 10.1 Å². The predicted octanol–water partition coefficient (Wildman–Crippen LogP) is 3.36. The molecule has 0 saturated carbocycles. The number of rotatable bonds is 5. The molecule has 0 bridgehead atoms. The van der Waals surface area contributed by atoms with Gasteiger partial charge in [0.2, 0.25) is 5.75 Å². The molecule has 2 rings (SSSR count). The summed E-state index contributed by atoms with van der Waals surface area (Å²) in [4.78, 5) is 26.3. The van der Waals surface area contributed by atoms with E-state index in [0.29, 0.717) is 16.4 Å². The summed E-state index contributed by atoms with van der Waals surface area (Å²) in [6.07, 6.45) is -0.936. The van der Waals surface area contributed by atoms with Crippen molar-refractivity contribution in [2.45, 2.75) is 20.0 Å². The number of benzene rings is 1. The molecule has 1 aromatic heterocycles. The predicted molar refractivity (Wildman–Crippen MR) is 85.8 cm³/mol. The van der Waals surface area contributed by atoms with Gasteiger partial charge in [-0.15, -0.1) is 0 Å². The minimum Gasteiger partial charge on any atom is -0.473 e. The first-order chi connectivity index (χ1) is 10.9. The SMILES string of the molecule is Cc1ccc(OC(C)C(=O)Nc2ccc(Cl)cc2)c([N+](=O)[O-])n1. The van der Waals surface area contributed by atoms with Crippen LogP contribution in [0.3, 0.4) is 0 Å². The van der Waals surface area contributed by atoms with Gasteiger partial charge in [0.1, 0.15) is 5.69 Å². The number of carbonyl (C=O) groups is 1. The van der Waals surface area contributed by atoms with E-state index in [1.54, 1.807) is 37.3 Å². The van der Waals surface area contributed by atoms with Crippen LogP contribution in [0.5, 0.6) is 5.75 Å². The molecule has 0 aliphatic carbocycles. The number of nitro groups is 1. The number of pyridine rings is 1. The van der Waals surface area contributed by atoms with Crippen molar-refractivity contribution in [3.8, 4) is 5.75 Å². The lowest BCUT2D eigenvalue weighted by atomic mass is 10.3. The zero-order valence-electron chi connectivity index (χ0n) is 12.4. The topological polar surface area (TPSA) is 94.4 Å². The molecule has 0 fully saturated rings. The van der Waals surface area contributed by atoms with Crippen LogP contribution in [0, 0.1) is 17.0 Å². The van der Waals surface area contributed by atoms with E-state index in [2.05, 4.69) is 10.3 Å². The summed E-state index contributed by atoms with van der Waals surface area (Å²) in [7, 11) is 0. The van der Waals surface area contributed by atoms with Gasteiger partial charge in [-0.3, -0.25) is 4.79 Å². The van der Waals surface area contributed by atoms with Crippen LogP contribution in [0.4, 0.5) is 11.5 Å². The van der Waals surface area contributed by atoms with Crippen molar-refractivity contribution in [1.29, 1.82) is 0 Å².